The first-order chi connectivity index (χ1) is 12.6. The van der Waals surface area contributed by atoms with Crippen molar-refractivity contribution in [2.45, 2.75) is 6.10 Å². The minimum Gasteiger partial charge on any atom is -0.496 e. The molecule has 2 aromatic carbocycles. The number of benzene rings is 2. The Hall–Kier alpha value is -3.12. The molecule has 6 nitrogen and oxygen atoms in total. The molecule has 0 aliphatic rings. The fourth-order valence-corrected chi connectivity index (χ4v) is 2.74. The number of hydrogen-bond acceptors (Lipinski definition) is 5. The predicted octanol–water partition coefficient (Wildman–Crippen LogP) is 2.92. The average molecular weight is 353 g/mol. The van der Waals surface area contributed by atoms with E-state index in [0.29, 0.717) is 16.7 Å². The first kappa shape index (κ1) is 17.7. The third kappa shape index (κ3) is 3.60. The highest BCUT2D eigenvalue weighted by Gasteiger charge is 2.18. The van der Waals surface area contributed by atoms with Crippen molar-refractivity contribution in [2.75, 3.05) is 20.8 Å². The van der Waals surface area contributed by atoms with Gasteiger partial charge in [-0.3, -0.25) is 9.59 Å². The third-order valence-corrected chi connectivity index (χ3v) is 4.08. The minimum atomic E-state index is -0.482. The fourth-order valence-electron chi connectivity index (χ4n) is 2.74. The monoisotopic (exact) mass is 353 g/mol. The summed E-state index contributed by atoms with van der Waals surface area (Å²) in [7, 11) is 3.13. The quantitative estimate of drug-likeness (QED) is 0.737. The highest BCUT2D eigenvalue weighted by Crippen LogP contribution is 2.26. The molecule has 0 spiro atoms. The van der Waals surface area contributed by atoms with Gasteiger partial charge >= 0.3 is 0 Å². The molecule has 1 unspecified atom stereocenters. The average Bonchev–Trinajstić information content (AvgIpc) is 2.68. The molecule has 1 amide bonds. The second-order valence-electron chi connectivity index (χ2n) is 5.65. The molecule has 26 heavy (non-hydrogen) atoms. The van der Waals surface area contributed by atoms with Crippen molar-refractivity contribution in [3.05, 3.63) is 76.1 Å². The molecule has 134 valence electrons. The summed E-state index contributed by atoms with van der Waals surface area (Å²) in [5.74, 6) is 0.152. The standard InChI is InChI=1S/C20H19NO5/c1-24-16-9-5-4-8-14(16)19(25-2)12-21-20(23)18-11-15(22)13-7-3-6-10-17(13)26-18/h3-11,19H,12H2,1-2H3,(H,21,23). The molecule has 0 saturated heterocycles. The fraction of sp³-hybridized carbons (Fsp3) is 0.200. The number of carbonyl (C=O) groups excluding carboxylic acids is 1. The van der Waals surface area contributed by atoms with Crippen molar-refractivity contribution in [2.24, 2.45) is 0 Å². The van der Waals surface area contributed by atoms with Gasteiger partial charge < -0.3 is 19.2 Å². The zero-order valence-electron chi connectivity index (χ0n) is 14.5. The van der Waals surface area contributed by atoms with Crippen LogP contribution in [-0.4, -0.2) is 26.7 Å². The van der Waals surface area contributed by atoms with E-state index >= 15 is 0 Å². The molecule has 3 rings (SSSR count). The van der Waals surface area contributed by atoms with Crippen LogP contribution in [-0.2, 0) is 4.74 Å². The summed E-state index contributed by atoms with van der Waals surface area (Å²) < 4.78 is 16.3. The number of ether oxygens (including phenoxy) is 2. The van der Waals surface area contributed by atoms with E-state index in [-0.39, 0.29) is 17.7 Å². The molecule has 1 atom stereocenters. The third-order valence-electron chi connectivity index (χ3n) is 4.08. The lowest BCUT2D eigenvalue weighted by atomic mass is 10.1. The van der Waals surface area contributed by atoms with Gasteiger partial charge in [0.1, 0.15) is 17.4 Å². The van der Waals surface area contributed by atoms with E-state index in [0.717, 1.165) is 5.56 Å². The van der Waals surface area contributed by atoms with Gasteiger partial charge in [-0.15, -0.1) is 0 Å². The maximum atomic E-state index is 12.4. The van der Waals surface area contributed by atoms with Gasteiger partial charge in [0.05, 0.1) is 12.5 Å². The van der Waals surface area contributed by atoms with Gasteiger partial charge in [-0.25, -0.2) is 0 Å². The van der Waals surface area contributed by atoms with E-state index in [4.69, 9.17) is 13.9 Å². The van der Waals surface area contributed by atoms with Gasteiger partial charge in [0.15, 0.2) is 11.2 Å². The smallest absolute Gasteiger partial charge is 0.287 e. The Bertz CT molecular complexity index is 979. The van der Waals surface area contributed by atoms with Crippen LogP contribution in [0.5, 0.6) is 5.75 Å². The molecule has 0 saturated carbocycles. The molecule has 3 aromatic rings. The molecule has 1 heterocycles. The van der Waals surface area contributed by atoms with E-state index in [9.17, 15) is 9.59 Å². The Morgan fingerprint density at radius 1 is 1.12 bits per heavy atom. The Morgan fingerprint density at radius 3 is 2.62 bits per heavy atom. The minimum absolute atomic E-state index is 0.0384. The van der Waals surface area contributed by atoms with Gasteiger partial charge in [-0.05, 0) is 18.2 Å². The number of para-hydroxylation sites is 2. The van der Waals surface area contributed by atoms with Gasteiger partial charge in [-0.2, -0.15) is 0 Å². The van der Waals surface area contributed by atoms with Crippen LogP contribution in [0.25, 0.3) is 11.0 Å². The Morgan fingerprint density at radius 2 is 1.85 bits per heavy atom. The van der Waals surface area contributed by atoms with Crippen LogP contribution in [0.15, 0.2) is 63.8 Å². The van der Waals surface area contributed by atoms with Crippen LogP contribution in [0.3, 0.4) is 0 Å². The highest BCUT2D eigenvalue weighted by atomic mass is 16.5. The van der Waals surface area contributed by atoms with Gasteiger partial charge in [0.25, 0.3) is 5.91 Å². The lowest BCUT2D eigenvalue weighted by Crippen LogP contribution is -2.30. The number of carbonyl (C=O) groups is 1. The summed E-state index contributed by atoms with van der Waals surface area (Å²) in [6.45, 7) is 0.201. The van der Waals surface area contributed by atoms with Crippen LogP contribution in [0.2, 0.25) is 0 Å². The number of nitrogens with one attached hydrogen (secondary N) is 1. The zero-order valence-corrected chi connectivity index (χ0v) is 14.5. The molecule has 0 bridgehead atoms. The van der Waals surface area contributed by atoms with E-state index in [1.165, 1.54) is 6.07 Å². The van der Waals surface area contributed by atoms with Gasteiger partial charge in [-0.1, -0.05) is 30.3 Å². The number of methoxy groups -OCH3 is 2. The highest BCUT2D eigenvalue weighted by molar-refractivity contribution is 5.93. The summed E-state index contributed by atoms with van der Waals surface area (Å²) in [6.07, 6.45) is -0.401. The summed E-state index contributed by atoms with van der Waals surface area (Å²) in [5.41, 5.74) is 0.931. The molecule has 1 aromatic heterocycles. The van der Waals surface area contributed by atoms with Crippen LogP contribution in [0.4, 0.5) is 0 Å². The van der Waals surface area contributed by atoms with Crippen molar-refractivity contribution >= 4 is 16.9 Å². The Labute approximate surface area is 150 Å². The van der Waals surface area contributed by atoms with Gasteiger partial charge in [0, 0.05) is 25.3 Å². The summed E-state index contributed by atoms with van der Waals surface area (Å²) in [5, 5.41) is 3.18. The molecular formula is C20H19NO5. The molecule has 0 aliphatic heterocycles. The van der Waals surface area contributed by atoms with Crippen molar-refractivity contribution < 1.29 is 18.7 Å². The van der Waals surface area contributed by atoms with Crippen LogP contribution in [0.1, 0.15) is 22.2 Å². The normalized spacial score (nSPS) is 11.9. The molecule has 1 N–H and O–H groups in total. The van der Waals surface area contributed by atoms with E-state index in [2.05, 4.69) is 5.32 Å². The van der Waals surface area contributed by atoms with Crippen molar-refractivity contribution in [1.82, 2.24) is 5.32 Å². The number of hydrogen-bond donors (Lipinski definition) is 1. The molecule has 0 radical (unpaired) electrons. The van der Waals surface area contributed by atoms with E-state index < -0.39 is 12.0 Å². The largest absolute Gasteiger partial charge is 0.496 e. The predicted molar refractivity (Wildman–Crippen MR) is 97.6 cm³/mol. The Kier molecular flexibility index (Phi) is 5.34. The summed E-state index contributed by atoms with van der Waals surface area (Å²) in [4.78, 5) is 24.5. The van der Waals surface area contributed by atoms with Gasteiger partial charge in [0.2, 0.25) is 0 Å². The van der Waals surface area contributed by atoms with E-state index in [1.807, 2.05) is 24.3 Å². The second kappa shape index (κ2) is 7.84. The molecule has 0 fully saturated rings. The molecule has 0 aliphatic carbocycles. The molecular weight excluding hydrogens is 334 g/mol. The lowest BCUT2D eigenvalue weighted by molar-refractivity contribution is 0.0799. The maximum absolute atomic E-state index is 12.4. The van der Waals surface area contributed by atoms with Crippen LogP contribution >= 0.6 is 0 Å². The molecule has 6 heteroatoms. The zero-order chi connectivity index (χ0) is 18.5. The van der Waals surface area contributed by atoms with Crippen LogP contribution in [0, 0.1) is 0 Å². The van der Waals surface area contributed by atoms with Crippen molar-refractivity contribution in [3.8, 4) is 5.75 Å². The topological polar surface area (TPSA) is 77.8 Å². The summed E-state index contributed by atoms with van der Waals surface area (Å²) >= 11 is 0. The first-order valence-electron chi connectivity index (χ1n) is 8.11. The summed E-state index contributed by atoms with van der Waals surface area (Å²) in [6, 6.07) is 15.4. The SMILES string of the molecule is COc1ccccc1C(CNC(=O)c1cc(=O)c2ccccc2o1)OC. The maximum Gasteiger partial charge on any atom is 0.287 e. The van der Waals surface area contributed by atoms with Crippen molar-refractivity contribution in [3.63, 3.8) is 0 Å². The van der Waals surface area contributed by atoms with Crippen molar-refractivity contribution in [1.29, 1.82) is 0 Å². The second-order valence-corrected chi connectivity index (χ2v) is 5.65. The number of fused-ring (bicyclic) bond motifs is 1. The number of amides is 1. The number of rotatable bonds is 6. The Balaban J connectivity index is 1.78. The lowest BCUT2D eigenvalue weighted by Gasteiger charge is -2.18. The first-order valence-corrected chi connectivity index (χ1v) is 8.11. The van der Waals surface area contributed by atoms with E-state index in [1.54, 1.807) is 38.5 Å². The van der Waals surface area contributed by atoms with Crippen LogP contribution < -0.4 is 15.5 Å².